The van der Waals surface area contributed by atoms with E-state index in [4.69, 9.17) is 9.98 Å². The van der Waals surface area contributed by atoms with Gasteiger partial charge in [-0.25, -0.2) is 15.0 Å². The highest BCUT2D eigenvalue weighted by atomic mass is 32.1. The summed E-state index contributed by atoms with van der Waals surface area (Å²) in [5.41, 5.74) is 8.78. The van der Waals surface area contributed by atoms with Gasteiger partial charge in [0.15, 0.2) is 0 Å². The molecule has 0 saturated heterocycles. The van der Waals surface area contributed by atoms with Crippen LogP contribution in [0.15, 0.2) is 53.5 Å². The lowest BCUT2D eigenvalue weighted by Crippen LogP contribution is -2.25. The van der Waals surface area contributed by atoms with E-state index < -0.39 is 0 Å². The molecule has 1 amide bonds. The number of hydrogen-bond donors (Lipinski definition) is 1. The average Bonchev–Trinajstić information content (AvgIpc) is 3.71. The summed E-state index contributed by atoms with van der Waals surface area (Å²) < 4.78 is 0. The molecule has 5 rings (SSSR count). The van der Waals surface area contributed by atoms with E-state index in [0.29, 0.717) is 11.5 Å². The molecule has 2 heterocycles. The zero-order valence-electron chi connectivity index (χ0n) is 24.3. The first-order chi connectivity index (χ1) is 19.3. The van der Waals surface area contributed by atoms with Crippen LogP contribution in [0.3, 0.4) is 0 Å². The number of hydrogen-bond acceptors (Lipinski definition) is 6. The van der Waals surface area contributed by atoms with Gasteiger partial charge in [-0.2, -0.15) is 0 Å². The number of carbonyl (C=O) groups is 1. The maximum absolute atomic E-state index is 13.3. The quantitative estimate of drug-likeness (QED) is 0.190. The van der Waals surface area contributed by atoms with Gasteiger partial charge in [-0.15, -0.1) is 0 Å². The minimum Gasteiger partial charge on any atom is -0.322 e. The molecule has 40 heavy (non-hydrogen) atoms. The summed E-state index contributed by atoms with van der Waals surface area (Å²) in [6.07, 6.45) is 4.76. The molecule has 2 aromatic heterocycles. The molecule has 0 radical (unpaired) electrons. The molecule has 1 saturated carbocycles. The van der Waals surface area contributed by atoms with Crippen molar-refractivity contribution in [2.45, 2.75) is 66.8 Å². The average molecular weight is 554 g/mol. The molecule has 0 atom stereocenters. The van der Waals surface area contributed by atoms with E-state index in [1.165, 1.54) is 35.3 Å². The molecule has 7 heteroatoms. The lowest BCUT2D eigenvalue weighted by molar-refractivity contribution is 0.102. The largest absolute Gasteiger partial charge is 0.322 e. The van der Waals surface area contributed by atoms with E-state index in [1.807, 2.05) is 43.3 Å². The predicted octanol–water partition coefficient (Wildman–Crippen LogP) is 8.35. The fourth-order valence-electron chi connectivity index (χ4n) is 5.08. The second-order valence-corrected chi connectivity index (χ2v) is 11.9. The predicted molar refractivity (Wildman–Crippen MR) is 168 cm³/mol. The first-order valence-corrected chi connectivity index (χ1v) is 15.2. The standard InChI is InChI=1S/C33H39N5OS/c1-6-16-38(17-7-2)20-26-12-13-27(18-22(26)4)35-31(39)25-9-8-21(3)28(19-25)29-14-15-30-32(36-29)40-33(37-30)34-23(5)24-10-11-24/h8-9,12-15,18-19,24H,6-7,10-11,16-17,20H2,1-5H3,(H,35,39). The number of aryl methyl sites for hydroxylation is 2. The molecule has 0 aliphatic heterocycles. The van der Waals surface area contributed by atoms with Crippen LogP contribution in [-0.2, 0) is 6.54 Å². The summed E-state index contributed by atoms with van der Waals surface area (Å²) in [5, 5.41) is 3.86. The number of aliphatic imine (C=N–C) groups is 1. The Morgan fingerprint density at radius 2 is 1.77 bits per heavy atom. The highest BCUT2D eigenvalue weighted by molar-refractivity contribution is 7.21. The van der Waals surface area contributed by atoms with Crippen LogP contribution >= 0.6 is 11.3 Å². The van der Waals surface area contributed by atoms with Crippen LogP contribution < -0.4 is 5.32 Å². The van der Waals surface area contributed by atoms with Crippen molar-refractivity contribution in [3.63, 3.8) is 0 Å². The zero-order valence-corrected chi connectivity index (χ0v) is 25.1. The minimum atomic E-state index is -0.127. The fourth-order valence-corrected chi connectivity index (χ4v) is 5.95. The van der Waals surface area contributed by atoms with Gasteiger partial charge in [0, 0.05) is 29.1 Å². The van der Waals surface area contributed by atoms with Crippen molar-refractivity contribution in [3.05, 3.63) is 70.8 Å². The van der Waals surface area contributed by atoms with Gasteiger partial charge in [0.25, 0.3) is 5.91 Å². The molecule has 0 bridgehead atoms. The van der Waals surface area contributed by atoms with Crippen LogP contribution in [0, 0.1) is 19.8 Å². The van der Waals surface area contributed by atoms with Gasteiger partial charge in [0.05, 0.1) is 5.69 Å². The minimum absolute atomic E-state index is 0.127. The van der Waals surface area contributed by atoms with Gasteiger partial charge in [0.2, 0.25) is 5.13 Å². The molecule has 208 valence electrons. The maximum Gasteiger partial charge on any atom is 0.255 e. The van der Waals surface area contributed by atoms with E-state index in [0.717, 1.165) is 76.2 Å². The molecule has 0 spiro atoms. The molecule has 6 nitrogen and oxygen atoms in total. The Hall–Kier alpha value is -3.42. The summed E-state index contributed by atoms with van der Waals surface area (Å²) in [5.74, 6) is 0.494. The van der Waals surface area contributed by atoms with Crippen molar-refractivity contribution in [3.8, 4) is 11.3 Å². The van der Waals surface area contributed by atoms with Gasteiger partial charge >= 0.3 is 0 Å². The number of nitrogens with one attached hydrogen (secondary N) is 1. The number of rotatable bonds is 11. The summed E-state index contributed by atoms with van der Waals surface area (Å²) in [7, 11) is 0. The van der Waals surface area contributed by atoms with E-state index >= 15 is 0 Å². The van der Waals surface area contributed by atoms with Crippen LogP contribution in [-0.4, -0.2) is 39.6 Å². The maximum atomic E-state index is 13.3. The molecule has 1 fully saturated rings. The number of carbonyl (C=O) groups excluding carboxylic acids is 1. The Kier molecular flexibility index (Phi) is 8.72. The highest BCUT2D eigenvalue weighted by Crippen LogP contribution is 2.35. The number of pyridine rings is 1. The van der Waals surface area contributed by atoms with Crippen LogP contribution in [0.1, 0.15) is 73.5 Å². The van der Waals surface area contributed by atoms with Crippen molar-refractivity contribution >= 4 is 44.1 Å². The van der Waals surface area contributed by atoms with Gasteiger partial charge < -0.3 is 5.32 Å². The van der Waals surface area contributed by atoms with E-state index in [2.05, 4.69) is 55.0 Å². The van der Waals surface area contributed by atoms with Crippen LogP contribution in [0.2, 0.25) is 0 Å². The van der Waals surface area contributed by atoms with E-state index in [1.54, 1.807) is 0 Å². The summed E-state index contributed by atoms with van der Waals surface area (Å²) >= 11 is 1.52. The van der Waals surface area contributed by atoms with E-state index in [-0.39, 0.29) is 5.91 Å². The van der Waals surface area contributed by atoms with Crippen molar-refractivity contribution in [2.24, 2.45) is 10.9 Å². The number of nitrogens with zero attached hydrogens (tertiary/aromatic N) is 4. The van der Waals surface area contributed by atoms with Crippen LogP contribution in [0.25, 0.3) is 21.6 Å². The third kappa shape index (κ3) is 6.65. The summed E-state index contributed by atoms with van der Waals surface area (Å²) in [4.78, 5) is 30.9. The van der Waals surface area contributed by atoms with Crippen LogP contribution in [0.4, 0.5) is 10.8 Å². The third-order valence-electron chi connectivity index (χ3n) is 7.53. The first-order valence-electron chi connectivity index (χ1n) is 14.4. The monoisotopic (exact) mass is 553 g/mol. The summed E-state index contributed by atoms with van der Waals surface area (Å²) in [6, 6.07) is 16.0. The number of benzene rings is 2. The smallest absolute Gasteiger partial charge is 0.255 e. The fraction of sp³-hybridized carbons (Fsp3) is 0.394. The Bertz CT molecular complexity index is 1550. The molecule has 1 aliphatic carbocycles. The molecule has 2 aromatic carbocycles. The highest BCUT2D eigenvalue weighted by Gasteiger charge is 2.24. The Morgan fingerprint density at radius 3 is 2.48 bits per heavy atom. The Morgan fingerprint density at radius 1 is 1.00 bits per heavy atom. The zero-order chi connectivity index (χ0) is 28.2. The van der Waals surface area contributed by atoms with Crippen molar-refractivity contribution in [2.75, 3.05) is 18.4 Å². The Labute approximate surface area is 241 Å². The molecule has 1 N–H and O–H groups in total. The normalized spacial score (nSPS) is 13.8. The second-order valence-electron chi connectivity index (χ2n) is 10.9. The molecule has 1 aliphatic rings. The van der Waals surface area contributed by atoms with Gasteiger partial charge in [0.1, 0.15) is 10.3 Å². The van der Waals surface area contributed by atoms with Crippen molar-refractivity contribution in [1.29, 1.82) is 0 Å². The van der Waals surface area contributed by atoms with Crippen molar-refractivity contribution < 1.29 is 4.79 Å². The van der Waals surface area contributed by atoms with Gasteiger partial charge in [-0.05, 0) is 119 Å². The second kappa shape index (κ2) is 12.4. The van der Waals surface area contributed by atoms with Gasteiger partial charge in [-0.3, -0.25) is 9.69 Å². The molecule has 0 unspecified atom stereocenters. The van der Waals surface area contributed by atoms with Crippen LogP contribution in [0.5, 0.6) is 0 Å². The number of aromatic nitrogens is 2. The lowest BCUT2D eigenvalue weighted by Gasteiger charge is -2.22. The third-order valence-corrected chi connectivity index (χ3v) is 8.39. The lowest BCUT2D eigenvalue weighted by atomic mass is 10.0. The SMILES string of the molecule is CCCN(CCC)Cc1ccc(NC(=O)c2ccc(C)c(-c3ccc4nc(N=C(C)C5CC5)sc4n3)c2)cc1C. The molecular weight excluding hydrogens is 514 g/mol. The first kappa shape index (κ1) is 28.1. The summed E-state index contributed by atoms with van der Waals surface area (Å²) in [6.45, 7) is 13.8. The number of anilines is 1. The Balaban J connectivity index is 1.33. The van der Waals surface area contributed by atoms with Crippen molar-refractivity contribution in [1.82, 2.24) is 14.9 Å². The molecular formula is C33H39N5OS. The molecule has 4 aromatic rings. The van der Waals surface area contributed by atoms with E-state index in [9.17, 15) is 4.79 Å². The number of thiazole rings is 1. The van der Waals surface area contributed by atoms with Gasteiger partial charge in [-0.1, -0.05) is 37.3 Å². The topological polar surface area (TPSA) is 70.5 Å². The number of fused-ring (bicyclic) bond motifs is 1. The number of amides is 1.